The fraction of sp³-hybridized carbons (Fsp3) is 0.429. The third kappa shape index (κ3) is 5.54. The number of hydrogen-bond donors (Lipinski definition) is 2. The number of nitrogens with one attached hydrogen (secondary N) is 1. The molecular formula is C14H18BrNO3S. The van der Waals surface area contributed by atoms with Crippen LogP contribution in [0.3, 0.4) is 0 Å². The topological polar surface area (TPSA) is 66.4 Å². The Hall–Kier alpha value is -1.01. The predicted octanol–water partition coefficient (Wildman–Crippen LogP) is 3.16. The lowest BCUT2D eigenvalue weighted by atomic mass is 9.99. The number of carboxylic acid groups (broad SMARTS) is 1. The molecule has 0 aliphatic rings. The van der Waals surface area contributed by atoms with Gasteiger partial charge in [-0.3, -0.25) is 4.79 Å². The number of thioether (sulfide) groups is 1. The highest BCUT2D eigenvalue weighted by molar-refractivity contribution is 9.10. The summed E-state index contributed by atoms with van der Waals surface area (Å²) >= 11 is 4.73. The number of amides is 1. The van der Waals surface area contributed by atoms with Crippen molar-refractivity contribution in [2.45, 2.75) is 31.2 Å². The van der Waals surface area contributed by atoms with Crippen molar-refractivity contribution in [1.82, 2.24) is 5.32 Å². The quantitative estimate of drug-likeness (QED) is 0.733. The molecule has 0 spiro atoms. The number of carbonyl (C=O) groups is 2. The summed E-state index contributed by atoms with van der Waals surface area (Å²) < 4.78 is 0.981. The van der Waals surface area contributed by atoms with E-state index in [0.29, 0.717) is 6.42 Å². The van der Waals surface area contributed by atoms with Crippen molar-refractivity contribution in [3.05, 3.63) is 28.7 Å². The van der Waals surface area contributed by atoms with Crippen LogP contribution in [0.25, 0.3) is 0 Å². The second-order valence-electron chi connectivity index (χ2n) is 4.51. The van der Waals surface area contributed by atoms with E-state index in [-0.39, 0.29) is 17.6 Å². The Labute approximate surface area is 131 Å². The Bertz CT molecular complexity index is 464. The minimum Gasteiger partial charge on any atom is -0.480 e. The van der Waals surface area contributed by atoms with Crippen LogP contribution in [0.5, 0.6) is 0 Å². The van der Waals surface area contributed by atoms with E-state index in [0.717, 1.165) is 9.37 Å². The molecule has 0 saturated carbocycles. The van der Waals surface area contributed by atoms with E-state index >= 15 is 0 Å². The maximum absolute atomic E-state index is 11.8. The third-order valence-electron chi connectivity index (χ3n) is 2.98. The van der Waals surface area contributed by atoms with Gasteiger partial charge >= 0.3 is 5.97 Å². The molecule has 0 heterocycles. The molecule has 1 rings (SSSR count). The number of benzene rings is 1. The molecule has 1 aromatic carbocycles. The van der Waals surface area contributed by atoms with E-state index in [1.54, 1.807) is 0 Å². The average Bonchev–Trinajstić information content (AvgIpc) is 2.43. The number of halogens is 1. The molecule has 0 fully saturated rings. The summed E-state index contributed by atoms with van der Waals surface area (Å²) in [5.74, 6) is -1.12. The first-order valence-corrected chi connectivity index (χ1v) is 8.12. The molecule has 110 valence electrons. The molecule has 6 heteroatoms. The summed E-state index contributed by atoms with van der Waals surface area (Å²) in [4.78, 5) is 23.9. The molecule has 4 nitrogen and oxygen atoms in total. The minimum atomic E-state index is -0.985. The van der Waals surface area contributed by atoms with Crippen LogP contribution in [-0.2, 0) is 9.59 Å². The van der Waals surface area contributed by atoms with Crippen molar-refractivity contribution in [3.63, 3.8) is 0 Å². The first-order valence-electron chi connectivity index (χ1n) is 6.34. The van der Waals surface area contributed by atoms with Gasteiger partial charge in [-0.05, 0) is 30.2 Å². The lowest BCUT2D eigenvalue weighted by Gasteiger charge is -2.19. The monoisotopic (exact) mass is 359 g/mol. The van der Waals surface area contributed by atoms with Gasteiger partial charge in [0.05, 0.1) is 5.75 Å². The van der Waals surface area contributed by atoms with Gasteiger partial charge in [-0.15, -0.1) is 11.8 Å². The van der Waals surface area contributed by atoms with Crippen molar-refractivity contribution in [2.75, 3.05) is 5.75 Å². The molecule has 0 aromatic heterocycles. The molecule has 2 N–H and O–H groups in total. The summed E-state index contributed by atoms with van der Waals surface area (Å²) in [5.41, 5.74) is 0. The van der Waals surface area contributed by atoms with Gasteiger partial charge in [0, 0.05) is 9.37 Å². The molecule has 0 bridgehead atoms. The fourth-order valence-corrected chi connectivity index (χ4v) is 2.55. The Kier molecular flexibility index (Phi) is 7.09. The van der Waals surface area contributed by atoms with Gasteiger partial charge in [0.15, 0.2) is 0 Å². The molecule has 0 unspecified atom stereocenters. The summed E-state index contributed by atoms with van der Waals surface area (Å²) in [7, 11) is 0. The van der Waals surface area contributed by atoms with E-state index in [9.17, 15) is 9.59 Å². The van der Waals surface area contributed by atoms with Crippen LogP contribution in [0.4, 0.5) is 0 Å². The van der Waals surface area contributed by atoms with Crippen LogP contribution in [0.2, 0.25) is 0 Å². The molecule has 2 atom stereocenters. The van der Waals surface area contributed by atoms with Gasteiger partial charge in [0.2, 0.25) is 5.91 Å². The Morgan fingerprint density at radius 3 is 2.45 bits per heavy atom. The van der Waals surface area contributed by atoms with Crippen molar-refractivity contribution in [3.8, 4) is 0 Å². The van der Waals surface area contributed by atoms with E-state index < -0.39 is 12.0 Å². The number of carboxylic acids is 1. The normalized spacial score (nSPS) is 13.6. The number of aliphatic carboxylic acids is 1. The average molecular weight is 360 g/mol. The highest BCUT2D eigenvalue weighted by atomic mass is 79.9. The summed E-state index contributed by atoms with van der Waals surface area (Å²) in [6.45, 7) is 3.73. The first kappa shape index (κ1) is 17.0. The predicted molar refractivity (Wildman–Crippen MR) is 83.9 cm³/mol. The molecule has 0 radical (unpaired) electrons. The van der Waals surface area contributed by atoms with Crippen LogP contribution in [0, 0.1) is 5.92 Å². The van der Waals surface area contributed by atoms with E-state index in [1.165, 1.54) is 11.8 Å². The zero-order chi connectivity index (χ0) is 15.1. The number of rotatable bonds is 7. The van der Waals surface area contributed by atoms with Gasteiger partial charge in [0.25, 0.3) is 0 Å². The van der Waals surface area contributed by atoms with Gasteiger partial charge in [-0.2, -0.15) is 0 Å². The van der Waals surface area contributed by atoms with Crippen LogP contribution in [0.15, 0.2) is 33.6 Å². The van der Waals surface area contributed by atoms with E-state index in [2.05, 4.69) is 21.2 Å². The van der Waals surface area contributed by atoms with Gasteiger partial charge in [-0.1, -0.05) is 36.2 Å². The van der Waals surface area contributed by atoms with Crippen LogP contribution >= 0.6 is 27.7 Å². The summed E-state index contributed by atoms with van der Waals surface area (Å²) in [6, 6.07) is 6.80. The zero-order valence-corrected chi connectivity index (χ0v) is 13.8. The molecule has 0 aliphatic carbocycles. The molecule has 20 heavy (non-hydrogen) atoms. The van der Waals surface area contributed by atoms with Crippen LogP contribution in [-0.4, -0.2) is 28.8 Å². The SMILES string of the molecule is CC[C@H](C)[C@H](NC(=O)CSc1ccc(Br)cc1)C(=O)O. The van der Waals surface area contributed by atoms with E-state index in [1.807, 2.05) is 38.1 Å². The lowest BCUT2D eigenvalue weighted by molar-refractivity contribution is -0.143. The first-order chi connectivity index (χ1) is 9.43. The molecule has 1 aromatic rings. The summed E-state index contributed by atoms with van der Waals surface area (Å²) in [5, 5.41) is 11.7. The molecule has 0 saturated heterocycles. The second kappa shape index (κ2) is 8.32. The lowest BCUT2D eigenvalue weighted by Crippen LogP contribution is -2.45. The third-order valence-corrected chi connectivity index (χ3v) is 4.52. The molecular weight excluding hydrogens is 342 g/mol. The maximum atomic E-state index is 11.8. The van der Waals surface area contributed by atoms with Gasteiger partial charge in [0.1, 0.15) is 6.04 Å². The summed E-state index contributed by atoms with van der Waals surface area (Å²) in [6.07, 6.45) is 0.705. The van der Waals surface area contributed by atoms with Crippen LogP contribution in [0.1, 0.15) is 20.3 Å². The molecule has 0 aliphatic heterocycles. The van der Waals surface area contributed by atoms with Crippen molar-refractivity contribution < 1.29 is 14.7 Å². The van der Waals surface area contributed by atoms with Crippen molar-refractivity contribution in [1.29, 1.82) is 0 Å². The smallest absolute Gasteiger partial charge is 0.326 e. The van der Waals surface area contributed by atoms with Crippen molar-refractivity contribution in [2.24, 2.45) is 5.92 Å². The molecule has 1 amide bonds. The maximum Gasteiger partial charge on any atom is 0.326 e. The highest BCUT2D eigenvalue weighted by Gasteiger charge is 2.25. The highest BCUT2D eigenvalue weighted by Crippen LogP contribution is 2.20. The van der Waals surface area contributed by atoms with Crippen molar-refractivity contribution >= 4 is 39.6 Å². The van der Waals surface area contributed by atoms with Crippen LogP contribution < -0.4 is 5.32 Å². The van der Waals surface area contributed by atoms with Gasteiger partial charge in [-0.25, -0.2) is 4.79 Å². The Morgan fingerprint density at radius 1 is 1.35 bits per heavy atom. The second-order valence-corrected chi connectivity index (χ2v) is 6.48. The number of hydrogen-bond acceptors (Lipinski definition) is 3. The Balaban J connectivity index is 2.49. The van der Waals surface area contributed by atoms with E-state index in [4.69, 9.17) is 5.11 Å². The van der Waals surface area contributed by atoms with Gasteiger partial charge < -0.3 is 10.4 Å². The minimum absolute atomic E-state index is 0.0888. The Morgan fingerprint density at radius 2 is 1.95 bits per heavy atom. The largest absolute Gasteiger partial charge is 0.480 e. The zero-order valence-electron chi connectivity index (χ0n) is 11.4. The standard InChI is InChI=1S/C14H18BrNO3S/c1-3-9(2)13(14(18)19)16-12(17)8-20-11-6-4-10(15)5-7-11/h4-7,9,13H,3,8H2,1-2H3,(H,16,17)(H,18,19)/t9-,13-/m0/s1. The fourth-order valence-electron chi connectivity index (χ4n) is 1.58. The number of carbonyl (C=O) groups excluding carboxylic acids is 1.